The minimum Gasteiger partial charge on any atom is -0.298 e. The van der Waals surface area contributed by atoms with Crippen molar-refractivity contribution in [3.05, 3.63) is 24.0 Å². The van der Waals surface area contributed by atoms with Gasteiger partial charge in [0.1, 0.15) is 11.8 Å². The van der Waals surface area contributed by atoms with Crippen LogP contribution in [0, 0.1) is 11.3 Å². The summed E-state index contributed by atoms with van der Waals surface area (Å²) < 4.78 is 0. The summed E-state index contributed by atoms with van der Waals surface area (Å²) in [6.45, 7) is 9.19. The Kier molecular flexibility index (Phi) is 4.49. The molecule has 1 saturated heterocycles. The number of hydrogen-bond donors (Lipinski definition) is 0. The van der Waals surface area contributed by atoms with E-state index in [1.165, 1.54) is 30.8 Å². The van der Waals surface area contributed by atoms with Crippen molar-refractivity contribution in [3.8, 4) is 6.07 Å². The first kappa shape index (κ1) is 14.4. The molecule has 4 heteroatoms. The van der Waals surface area contributed by atoms with Gasteiger partial charge in [-0.25, -0.2) is 4.98 Å². The second-order valence-electron chi connectivity index (χ2n) is 5.97. The second kappa shape index (κ2) is 5.94. The Labute approximate surface area is 120 Å². The molecule has 0 N–H and O–H groups in total. The first-order chi connectivity index (χ1) is 8.99. The van der Waals surface area contributed by atoms with Gasteiger partial charge in [-0.3, -0.25) is 4.90 Å². The number of nitrogens with zero attached hydrogens (tertiary/aromatic N) is 3. The summed E-state index contributed by atoms with van der Waals surface area (Å²) >= 11 is 1.90. The van der Waals surface area contributed by atoms with Crippen LogP contribution in [0.1, 0.15) is 39.3 Å². The van der Waals surface area contributed by atoms with Crippen LogP contribution in [0.15, 0.2) is 23.2 Å². The van der Waals surface area contributed by atoms with Crippen LogP contribution >= 0.6 is 11.8 Å². The fourth-order valence-electron chi connectivity index (χ4n) is 2.35. The summed E-state index contributed by atoms with van der Waals surface area (Å²) in [7, 11) is 0. The van der Waals surface area contributed by atoms with Crippen molar-refractivity contribution in [2.75, 3.05) is 13.1 Å². The molecule has 0 saturated carbocycles. The third-order valence-corrected chi connectivity index (χ3v) is 4.86. The molecule has 2 heterocycles. The lowest BCUT2D eigenvalue weighted by Gasteiger charge is -2.40. The minimum absolute atomic E-state index is 0.283. The minimum atomic E-state index is 0.283. The first-order valence-corrected chi connectivity index (χ1v) is 7.65. The summed E-state index contributed by atoms with van der Waals surface area (Å²) in [5.74, 6) is 0. The van der Waals surface area contributed by atoms with Crippen LogP contribution in [0.2, 0.25) is 0 Å². The highest BCUT2D eigenvalue weighted by molar-refractivity contribution is 8.00. The molecule has 102 valence electrons. The number of likely N-dealkylation sites (tertiary alicyclic amines) is 1. The van der Waals surface area contributed by atoms with E-state index in [0.29, 0.717) is 10.9 Å². The Balaban J connectivity index is 1.87. The molecule has 19 heavy (non-hydrogen) atoms. The van der Waals surface area contributed by atoms with Crippen molar-refractivity contribution in [1.82, 2.24) is 9.88 Å². The zero-order chi connectivity index (χ0) is 13.9. The zero-order valence-electron chi connectivity index (χ0n) is 11.9. The molecule has 2 rings (SSSR count). The topological polar surface area (TPSA) is 39.9 Å². The van der Waals surface area contributed by atoms with Gasteiger partial charge >= 0.3 is 0 Å². The lowest BCUT2D eigenvalue weighted by atomic mass is 10.0. The van der Waals surface area contributed by atoms with Gasteiger partial charge in [-0.2, -0.15) is 5.26 Å². The summed E-state index contributed by atoms with van der Waals surface area (Å²) in [5.41, 5.74) is 0.776. The van der Waals surface area contributed by atoms with Crippen LogP contribution in [0.5, 0.6) is 0 Å². The average Bonchev–Trinajstić information content (AvgIpc) is 2.39. The van der Waals surface area contributed by atoms with Gasteiger partial charge in [0.2, 0.25) is 0 Å². The van der Waals surface area contributed by atoms with Crippen LogP contribution in [0.25, 0.3) is 0 Å². The van der Waals surface area contributed by atoms with Crippen LogP contribution in [0.3, 0.4) is 0 Å². The van der Waals surface area contributed by atoms with Gasteiger partial charge in [0.15, 0.2) is 0 Å². The number of nitriles is 1. The monoisotopic (exact) mass is 275 g/mol. The molecule has 3 nitrogen and oxygen atoms in total. The van der Waals surface area contributed by atoms with E-state index in [4.69, 9.17) is 5.26 Å². The Morgan fingerprint density at radius 1 is 1.32 bits per heavy atom. The van der Waals surface area contributed by atoms with E-state index in [1.807, 2.05) is 24.0 Å². The number of thioether (sulfide) groups is 1. The molecule has 1 fully saturated rings. The first-order valence-electron chi connectivity index (χ1n) is 6.77. The van der Waals surface area contributed by atoms with E-state index >= 15 is 0 Å². The zero-order valence-corrected chi connectivity index (χ0v) is 12.7. The number of hydrogen-bond acceptors (Lipinski definition) is 4. The molecule has 0 amide bonds. The van der Waals surface area contributed by atoms with Crippen molar-refractivity contribution >= 4 is 11.8 Å². The Morgan fingerprint density at radius 3 is 2.47 bits per heavy atom. The van der Waals surface area contributed by atoms with Gasteiger partial charge in [-0.15, -0.1) is 11.8 Å². The van der Waals surface area contributed by atoms with Crippen molar-refractivity contribution < 1.29 is 0 Å². The predicted octanol–water partition coefficient (Wildman–Crippen LogP) is 3.31. The van der Waals surface area contributed by atoms with Crippen LogP contribution < -0.4 is 0 Å². The maximum absolute atomic E-state index is 8.73. The van der Waals surface area contributed by atoms with E-state index in [1.54, 1.807) is 6.07 Å². The number of aromatic nitrogens is 1. The van der Waals surface area contributed by atoms with Crippen molar-refractivity contribution in [2.45, 2.75) is 49.3 Å². The van der Waals surface area contributed by atoms with Crippen LogP contribution in [-0.2, 0) is 0 Å². The highest BCUT2D eigenvalue weighted by Gasteiger charge is 2.27. The quantitative estimate of drug-likeness (QED) is 0.830. The molecule has 0 aromatic carbocycles. The SMILES string of the molecule is CC(C)(C)N1CCC(Sc2ccc(C#N)nc2)CC1. The van der Waals surface area contributed by atoms with E-state index in [0.717, 1.165) is 0 Å². The molecule has 1 aliphatic heterocycles. The molecule has 0 unspecified atom stereocenters. The summed E-state index contributed by atoms with van der Waals surface area (Å²) in [5, 5.41) is 9.40. The highest BCUT2D eigenvalue weighted by Crippen LogP contribution is 2.31. The average molecular weight is 275 g/mol. The van der Waals surface area contributed by atoms with E-state index in [2.05, 4.69) is 36.7 Å². The summed E-state index contributed by atoms with van der Waals surface area (Å²) in [6.07, 6.45) is 4.27. The molecule has 0 atom stereocenters. The molecule has 0 bridgehead atoms. The normalized spacial score (nSPS) is 18.2. The van der Waals surface area contributed by atoms with Crippen molar-refractivity contribution in [1.29, 1.82) is 5.26 Å². The van der Waals surface area contributed by atoms with E-state index in [-0.39, 0.29) is 5.54 Å². The molecule has 1 aliphatic rings. The van der Waals surface area contributed by atoms with Gasteiger partial charge in [0.05, 0.1) is 0 Å². The summed E-state index contributed by atoms with van der Waals surface area (Å²) in [4.78, 5) is 7.86. The molecule has 0 radical (unpaired) electrons. The van der Waals surface area contributed by atoms with Gasteiger partial charge in [-0.05, 0) is 58.8 Å². The number of rotatable bonds is 2. The Morgan fingerprint density at radius 2 is 2.00 bits per heavy atom. The van der Waals surface area contributed by atoms with Crippen molar-refractivity contribution in [2.24, 2.45) is 0 Å². The molecular formula is C15H21N3S. The van der Waals surface area contributed by atoms with Crippen LogP contribution in [-0.4, -0.2) is 33.8 Å². The Hall–Kier alpha value is -1.05. The summed E-state index contributed by atoms with van der Waals surface area (Å²) in [6, 6.07) is 5.86. The third kappa shape index (κ3) is 3.95. The maximum atomic E-state index is 8.73. The fourth-order valence-corrected chi connectivity index (χ4v) is 3.44. The third-order valence-electron chi connectivity index (χ3n) is 3.54. The predicted molar refractivity (Wildman–Crippen MR) is 79.2 cm³/mol. The lowest BCUT2D eigenvalue weighted by Crippen LogP contribution is -2.46. The lowest BCUT2D eigenvalue weighted by molar-refractivity contribution is 0.113. The molecule has 0 spiro atoms. The standard InChI is InChI=1S/C15H21N3S/c1-15(2,3)18-8-6-13(7-9-18)19-14-5-4-12(10-16)17-11-14/h4-5,11,13H,6-9H2,1-3H3. The maximum Gasteiger partial charge on any atom is 0.140 e. The number of pyridine rings is 1. The van der Waals surface area contributed by atoms with Gasteiger partial charge in [-0.1, -0.05) is 0 Å². The van der Waals surface area contributed by atoms with Gasteiger partial charge in [0, 0.05) is 21.9 Å². The molecule has 1 aromatic heterocycles. The second-order valence-corrected chi connectivity index (χ2v) is 7.34. The Bertz CT molecular complexity index is 448. The number of piperidine rings is 1. The molecular weight excluding hydrogens is 254 g/mol. The van der Waals surface area contributed by atoms with E-state index in [9.17, 15) is 0 Å². The van der Waals surface area contributed by atoms with Crippen molar-refractivity contribution in [3.63, 3.8) is 0 Å². The fraction of sp³-hybridized carbons (Fsp3) is 0.600. The smallest absolute Gasteiger partial charge is 0.140 e. The molecule has 1 aromatic rings. The highest BCUT2D eigenvalue weighted by atomic mass is 32.2. The van der Waals surface area contributed by atoms with E-state index < -0.39 is 0 Å². The van der Waals surface area contributed by atoms with Gasteiger partial charge in [0.25, 0.3) is 0 Å². The van der Waals surface area contributed by atoms with Crippen LogP contribution in [0.4, 0.5) is 0 Å². The van der Waals surface area contributed by atoms with Gasteiger partial charge < -0.3 is 0 Å². The molecule has 0 aliphatic carbocycles. The largest absolute Gasteiger partial charge is 0.298 e.